The Kier molecular flexibility index (Phi) is 4.06. The Morgan fingerprint density at radius 1 is 1.29 bits per heavy atom. The Bertz CT molecular complexity index is 520. The fourth-order valence-corrected chi connectivity index (χ4v) is 2.66. The van der Waals surface area contributed by atoms with Crippen molar-refractivity contribution < 1.29 is 19.1 Å². The summed E-state index contributed by atoms with van der Waals surface area (Å²) < 4.78 is 10.3. The minimum atomic E-state index is -0.244. The first-order chi connectivity index (χ1) is 10.2. The van der Waals surface area contributed by atoms with Crippen molar-refractivity contribution in [3.8, 4) is 0 Å². The fraction of sp³-hybridized carbons (Fsp3) is 0.467. The lowest BCUT2D eigenvalue weighted by atomic mass is 10.2. The van der Waals surface area contributed by atoms with E-state index in [0.29, 0.717) is 32.8 Å². The highest BCUT2D eigenvalue weighted by molar-refractivity contribution is 5.72. The van der Waals surface area contributed by atoms with Crippen molar-refractivity contribution in [2.75, 3.05) is 32.8 Å². The van der Waals surface area contributed by atoms with Gasteiger partial charge in [0.25, 0.3) is 0 Å². The van der Waals surface area contributed by atoms with Crippen molar-refractivity contribution in [2.24, 2.45) is 0 Å². The van der Waals surface area contributed by atoms with Crippen molar-refractivity contribution in [1.29, 1.82) is 0 Å². The van der Waals surface area contributed by atoms with E-state index in [1.165, 1.54) is 0 Å². The smallest absolute Gasteiger partial charge is 0.410 e. The molecule has 1 atom stereocenters. The Hall–Kier alpha value is -2.08. The first-order valence-electron chi connectivity index (χ1n) is 7.07. The lowest BCUT2D eigenvalue weighted by Gasteiger charge is -2.34. The Labute approximate surface area is 123 Å². The molecule has 0 aromatic heterocycles. The highest BCUT2D eigenvalue weighted by Gasteiger charge is 2.37. The maximum Gasteiger partial charge on any atom is 0.410 e. The lowest BCUT2D eigenvalue weighted by Crippen LogP contribution is -2.53. The topological polar surface area (TPSA) is 59.1 Å². The molecule has 0 bridgehead atoms. The number of amides is 1. The molecule has 2 aliphatic heterocycles. The second-order valence-electron chi connectivity index (χ2n) is 5.31. The zero-order valence-corrected chi connectivity index (χ0v) is 11.7. The van der Waals surface area contributed by atoms with Gasteiger partial charge >= 0.3 is 12.1 Å². The monoisotopic (exact) mass is 290 g/mol. The largest absolute Gasteiger partial charge is 0.460 e. The highest BCUT2D eigenvalue weighted by atomic mass is 16.6. The van der Waals surface area contributed by atoms with Gasteiger partial charge in [0.2, 0.25) is 0 Å². The molecule has 112 valence electrons. The summed E-state index contributed by atoms with van der Waals surface area (Å²) in [4.78, 5) is 27.0. The SMILES string of the molecule is O=C(CN1CCN2C(=O)OCC2C1)OCc1ccccc1. The van der Waals surface area contributed by atoms with Gasteiger partial charge in [-0.1, -0.05) is 30.3 Å². The van der Waals surface area contributed by atoms with Crippen molar-refractivity contribution >= 4 is 12.1 Å². The molecule has 6 nitrogen and oxygen atoms in total. The molecule has 3 rings (SSSR count). The van der Waals surface area contributed by atoms with Gasteiger partial charge in [0.15, 0.2) is 0 Å². The maximum absolute atomic E-state index is 11.9. The van der Waals surface area contributed by atoms with Crippen molar-refractivity contribution in [3.63, 3.8) is 0 Å². The van der Waals surface area contributed by atoms with Crippen LogP contribution in [0.2, 0.25) is 0 Å². The van der Waals surface area contributed by atoms with Gasteiger partial charge in [0.05, 0.1) is 12.6 Å². The molecule has 0 saturated carbocycles. The number of piperazine rings is 1. The third-order valence-electron chi connectivity index (χ3n) is 3.80. The van der Waals surface area contributed by atoms with Crippen molar-refractivity contribution in [3.05, 3.63) is 35.9 Å². The summed E-state index contributed by atoms with van der Waals surface area (Å²) in [6, 6.07) is 9.67. The third-order valence-corrected chi connectivity index (χ3v) is 3.80. The molecule has 1 unspecified atom stereocenters. The summed E-state index contributed by atoms with van der Waals surface area (Å²) in [5, 5.41) is 0. The molecule has 0 spiro atoms. The molecule has 1 aromatic carbocycles. The van der Waals surface area contributed by atoms with Crippen LogP contribution in [0.1, 0.15) is 5.56 Å². The van der Waals surface area contributed by atoms with Gasteiger partial charge in [-0.25, -0.2) is 4.79 Å². The highest BCUT2D eigenvalue weighted by Crippen LogP contribution is 2.17. The van der Waals surface area contributed by atoms with E-state index < -0.39 is 0 Å². The predicted octanol–water partition coefficient (Wildman–Crippen LogP) is 0.866. The van der Waals surface area contributed by atoms with Crippen LogP contribution in [-0.2, 0) is 20.9 Å². The average Bonchev–Trinajstić information content (AvgIpc) is 2.87. The number of cyclic esters (lactones) is 1. The Balaban J connectivity index is 1.44. The first-order valence-corrected chi connectivity index (χ1v) is 7.07. The maximum atomic E-state index is 11.9. The van der Waals surface area contributed by atoms with Gasteiger partial charge in [-0.15, -0.1) is 0 Å². The molecule has 2 saturated heterocycles. The number of carbonyl (C=O) groups is 2. The van der Waals surface area contributed by atoms with Gasteiger partial charge in [0.1, 0.15) is 13.2 Å². The van der Waals surface area contributed by atoms with Crippen molar-refractivity contribution in [2.45, 2.75) is 12.6 Å². The molecular weight excluding hydrogens is 272 g/mol. The summed E-state index contributed by atoms with van der Waals surface area (Å²) in [5.74, 6) is -0.238. The van der Waals surface area contributed by atoms with Gasteiger partial charge in [-0.2, -0.15) is 0 Å². The predicted molar refractivity (Wildman–Crippen MR) is 74.5 cm³/mol. The van der Waals surface area contributed by atoms with Crippen LogP contribution in [0, 0.1) is 0 Å². The lowest BCUT2D eigenvalue weighted by molar-refractivity contribution is -0.146. The molecular formula is C15H18N2O4. The van der Waals surface area contributed by atoms with E-state index in [9.17, 15) is 9.59 Å². The standard InChI is InChI=1S/C15H18N2O4/c18-14(20-10-12-4-2-1-3-5-12)9-16-6-7-17-13(8-16)11-21-15(17)19/h1-5,13H,6-11H2. The molecule has 2 fully saturated rings. The van der Waals surface area contributed by atoms with E-state index in [1.807, 2.05) is 35.2 Å². The number of carbonyl (C=O) groups excluding carboxylic acids is 2. The number of hydrogen-bond acceptors (Lipinski definition) is 5. The minimum absolute atomic E-state index is 0.0631. The molecule has 1 aromatic rings. The quantitative estimate of drug-likeness (QED) is 0.770. The Morgan fingerprint density at radius 3 is 2.90 bits per heavy atom. The van der Waals surface area contributed by atoms with Crippen LogP contribution in [-0.4, -0.2) is 60.7 Å². The summed E-state index contributed by atoms with van der Waals surface area (Å²) in [6.07, 6.45) is -0.244. The Morgan fingerprint density at radius 2 is 2.10 bits per heavy atom. The second-order valence-corrected chi connectivity index (χ2v) is 5.31. The van der Waals surface area contributed by atoms with E-state index in [2.05, 4.69) is 0 Å². The zero-order valence-electron chi connectivity index (χ0n) is 11.7. The number of ether oxygens (including phenoxy) is 2. The first kappa shape index (κ1) is 13.9. The van der Waals surface area contributed by atoms with Crippen LogP contribution in [0.4, 0.5) is 4.79 Å². The van der Waals surface area contributed by atoms with Crippen molar-refractivity contribution in [1.82, 2.24) is 9.80 Å². The number of esters is 1. The number of hydrogen-bond donors (Lipinski definition) is 0. The molecule has 2 heterocycles. The molecule has 0 radical (unpaired) electrons. The van der Waals surface area contributed by atoms with E-state index >= 15 is 0 Å². The number of fused-ring (bicyclic) bond motifs is 1. The van der Waals surface area contributed by atoms with E-state index in [1.54, 1.807) is 4.90 Å². The molecule has 21 heavy (non-hydrogen) atoms. The number of nitrogens with zero attached hydrogens (tertiary/aromatic N) is 2. The summed E-state index contributed by atoms with van der Waals surface area (Å²) >= 11 is 0. The zero-order chi connectivity index (χ0) is 14.7. The van der Waals surface area contributed by atoms with Crippen LogP contribution < -0.4 is 0 Å². The van der Waals surface area contributed by atoms with Crippen LogP contribution in [0.15, 0.2) is 30.3 Å². The summed E-state index contributed by atoms with van der Waals surface area (Å²) in [6.45, 7) is 2.90. The minimum Gasteiger partial charge on any atom is -0.460 e. The van der Waals surface area contributed by atoms with Crippen LogP contribution in [0.3, 0.4) is 0 Å². The molecule has 2 aliphatic rings. The molecule has 1 amide bonds. The molecule has 0 aliphatic carbocycles. The molecule has 0 N–H and O–H groups in total. The third kappa shape index (κ3) is 3.33. The number of rotatable bonds is 4. The molecule has 6 heteroatoms. The van der Waals surface area contributed by atoms with Crippen LogP contribution >= 0.6 is 0 Å². The average molecular weight is 290 g/mol. The van der Waals surface area contributed by atoms with Gasteiger partial charge in [-0.3, -0.25) is 14.6 Å². The van der Waals surface area contributed by atoms with E-state index in [0.717, 1.165) is 5.56 Å². The summed E-state index contributed by atoms with van der Waals surface area (Å²) in [7, 11) is 0. The van der Waals surface area contributed by atoms with Gasteiger partial charge in [-0.05, 0) is 5.56 Å². The van der Waals surface area contributed by atoms with E-state index in [-0.39, 0.29) is 24.6 Å². The van der Waals surface area contributed by atoms with E-state index in [4.69, 9.17) is 9.47 Å². The second kappa shape index (κ2) is 6.13. The normalized spacial score (nSPS) is 21.8. The summed E-state index contributed by atoms with van der Waals surface area (Å²) in [5.41, 5.74) is 0.977. The van der Waals surface area contributed by atoms with Crippen LogP contribution in [0.5, 0.6) is 0 Å². The fourth-order valence-electron chi connectivity index (χ4n) is 2.66. The van der Waals surface area contributed by atoms with Gasteiger partial charge in [0, 0.05) is 19.6 Å². The number of benzene rings is 1. The van der Waals surface area contributed by atoms with Crippen LogP contribution in [0.25, 0.3) is 0 Å². The van der Waals surface area contributed by atoms with Gasteiger partial charge < -0.3 is 9.47 Å².